The molecule has 1 aliphatic carbocycles. The summed E-state index contributed by atoms with van der Waals surface area (Å²) < 4.78 is 5.27. The van der Waals surface area contributed by atoms with Gasteiger partial charge < -0.3 is 9.57 Å². The van der Waals surface area contributed by atoms with Crippen LogP contribution in [0.5, 0.6) is 0 Å². The fraction of sp³-hybridized carbons (Fsp3) is 0.864. The first kappa shape index (κ1) is 21.9. The second-order valence-corrected chi connectivity index (χ2v) is 9.11. The fourth-order valence-electron chi connectivity index (χ4n) is 3.42. The Hall–Kier alpha value is -1.39. The molecular weight excluding hydrogens is 342 g/mol. The molecule has 0 aromatic carbocycles. The number of carbonyl (C=O) groups excluding carboxylic acids is 2. The molecule has 0 saturated heterocycles. The van der Waals surface area contributed by atoms with Crippen LogP contribution in [0.4, 0.5) is 0 Å². The van der Waals surface area contributed by atoms with Crippen LogP contribution in [0.1, 0.15) is 97.8 Å². The SMILES string of the molecule is CC(C)(C)C(=O)OCCCCCCCCCCCC1C(=O)ON=C1C1CC1. The van der Waals surface area contributed by atoms with Gasteiger partial charge in [0.25, 0.3) is 0 Å². The van der Waals surface area contributed by atoms with Gasteiger partial charge in [-0.05, 0) is 46.5 Å². The summed E-state index contributed by atoms with van der Waals surface area (Å²) in [6, 6.07) is 0. The molecule has 2 aliphatic rings. The quantitative estimate of drug-likeness (QED) is 0.244. The first-order chi connectivity index (χ1) is 12.9. The summed E-state index contributed by atoms with van der Waals surface area (Å²) in [5.41, 5.74) is 0.623. The number of unbranched alkanes of at least 4 members (excludes halogenated alkanes) is 8. The molecule has 2 rings (SSSR count). The molecule has 27 heavy (non-hydrogen) atoms. The minimum absolute atomic E-state index is 0.0510. The van der Waals surface area contributed by atoms with Crippen molar-refractivity contribution in [2.75, 3.05) is 6.61 Å². The van der Waals surface area contributed by atoms with Crippen LogP contribution in [-0.4, -0.2) is 24.3 Å². The highest BCUT2D eigenvalue weighted by Crippen LogP contribution is 2.37. The molecule has 0 N–H and O–H groups in total. The molecule has 0 radical (unpaired) electrons. The average Bonchev–Trinajstić information content (AvgIpc) is 3.39. The Morgan fingerprint density at radius 3 is 2.11 bits per heavy atom. The van der Waals surface area contributed by atoms with Gasteiger partial charge in [-0.1, -0.05) is 56.5 Å². The Kier molecular flexibility index (Phi) is 8.78. The van der Waals surface area contributed by atoms with Crippen molar-refractivity contribution in [3.63, 3.8) is 0 Å². The largest absolute Gasteiger partial charge is 0.465 e. The van der Waals surface area contributed by atoms with Crippen molar-refractivity contribution in [2.24, 2.45) is 22.4 Å². The van der Waals surface area contributed by atoms with E-state index in [1.807, 2.05) is 20.8 Å². The van der Waals surface area contributed by atoms with E-state index in [4.69, 9.17) is 9.57 Å². The van der Waals surface area contributed by atoms with Crippen molar-refractivity contribution in [2.45, 2.75) is 97.8 Å². The maximum absolute atomic E-state index is 11.8. The van der Waals surface area contributed by atoms with Crippen LogP contribution < -0.4 is 0 Å². The molecule has 1 saturated carbocycles. The summed E-state index contributed by atoms with van der Waals surface area (Å²) in [5, 5.41) is 3.99. The molecule has 154 valence electrons. The predicted octanol–water partition coefficient (Wildman–Crippen LogP) is 5.42. The van der Waals surface area contributed by atoms with E-state index >= 15 is 0 Å². The van der Waals surface area contributed by atoms with Gasteiger partial charge in [-0.3, -0.25) is 4.79 Å². The predicted molar refractivity (Wildman–Crippen MR) is 106 cm³/mol. The normalized spacial score (nSPS) is 19.7. The molecule has 0 spiro atoms. The first-order valence-electron chi connectivity index (χ1n) is 10.9. The van der Waals surface area contributed by atoms with E-state index in [9.17, 15) is 9.59 Å². The Morgan fingerprint density at radius 1 is 1.00 bits per heavy atom. The zero-order valence-electron chi connectivity index (χ0n) is 17.4. The molecule has 0 aromatic heterocycles. The van der Waals surface area contributed by atoms with Crippen molar-refractivity contribution < 1.29 is 19.2 Å². The van der Waals surface area contributed by atoms with Gasteiger partial charge in [0.05, 0.1) is 17.7 Å². The highest BCUT2D eigenvalue weighted by atomic mass is 16.7. The molecule has 5 heteroatoms. The van der Waals surface area contributed by atoms with E-state index in [0.29, 0.717) is 12.5 Å². The number of carbonyl (C=O) groups is 2. The number of hydrogen-bond donors (Lipinski definition) is 0. The summed E-state index contributed by atoms with van der Waals surface area (Å²) in [6.45, 7) is 6.20. The van der Waals surface area contributed by atoms with E-state index in [-0.39, 0.29) is 17.9 Å². The smallest absolute Gasteiger partial charge is 0.343 e. The van der Waals surface area contributed by atoms with Crippen molar-refractivity contribution >= 4 is 17.7 Å². The van der Waals surface area contributed by atoms with Crippen LogP contribution >= 0.6 is 0 Å². The lowest BCUT2D eigenvalue weighted by Gasteiger charge is -2.16. The van der Waals surface area contributed by atoms with Gasteiger partial charge in [0, 0.05) is 5.92 Å². The number of nitrogens with zero attached hydrogens (tertiary/aromatic N) is 1. The van der Waals surface area contributed by atoms with E-state index in [0.717, 1.165) is 31.4 Å². The van der Waals surface area contributed by atoms with Gasteiger partial charge in [-0.2, -0.15) is 0 Å². The summed E-state index contributed by atoms with van der Waals surface area (Å²) in [5.74, 6) is 0.234. The van der Waals surface area contributed by atoms with Gasteiger partial charge in [-0.15, -0.1) is 0 Å². The minimum Gasteiger partial charge on any atom is -0.465 e. The van der Waals surface area contributed by atoms with Crippen molar-refractivity contribution in [3.05, 3.63) is 0 Å². The zero-order chi connectivity index (χ0) is 19.7. The molecular formula is C22H37NO4. The molecule has 1 heterocycles. The fourth-order valence-corrected chi connectivity index (χ4v) is 3.42. The number of esters is 1. The second kappa shape index (κ2) is 10.8. The van der Waals surface area contributed by atoms with Crippen LogP contribution in [-0.2, 0) is 19.2 Å². The zero-order valence-corrected chi connectivity index (χ0v) is 17.4. The van der Waals surface area contributed by atoms with E-state index in [1.54, 1.807) is 0 Å². The Bertz CT molecular complexity index is 517. The average molecular weight is 380 g/mol. The lowest BCUT2D eigenvalue weighted by molar-refractivity contribution is -0.153. The van der Waals surface area contributed by atoms with Crippen molar-refractivity contribution in [3.8, 4) is 0 Å². The van der Waals surface area contributed by atoms with Crippen LogP contribution in [0.3, 0.4) is 0 Å². The monoisotopic (exact) mass is 379 g/mol. The van der Waals surface area contributed by atoms with Crippen LogP contribution in [0.25, 0.3) is 0 Å². The molecule has 0 bridgehead atoms. The molecule has 1 aliphatic heterocycles. The van der Waals surface area contributed by atoms with Gasteiger partial charge in [0.15, 0.2) is 0 Å². The van der Waals surface area contributed by atoms with Crippen LogP contribution in [0.2, 0.25) is 0 Å². The number of oxime groups is 1. The number of rotatable bonds is 13. The lowest BCUT2D eigenvalue weighted by Crippen LogP contribution is -2.23. The maximum atomic E-state index is 11.8. The summed E-state index contributed by atoms with van der Waals surface area (Å²) >= 11 is 0. The maximum Gasteiger partial charge on any atom is 0.343 e. The lowest BCUT2D eigenvalue weighted by atomic mass is 9.93. The molecule has 1 fully saturated rings. The van der Waals surface area contributed by atoms with Gasteiger partial charge in [0.2, 0.25) is 0 Å². The third kappa shape index (κ3) is 8.02. The molecule has 0 amide bonds. The van der Waals surface area contributed by atoms with Gasteiger partial charge in [0.1, 0.15) is 5.92 Å². The van der Waals surface area contributed by atoms with Crippen LogP contribution in [0, 0.1) is 17.3 Å². The Labute approximate surface area is 164 Å². The molecule has 1 atom stereocenters. The van der Waals surface area contributed by atoms with Crippen molar-refractivity contribution in [1.29, 1.82) is 0 Å². The van der Waals surface area contributed by atoms with E-state index in [2.05, 4.69) is 5.16 Å². The van der Waals surface area contributed by atoms with Gasteiger partial charge >= 0.3 is 11.9 Å². The summed E-state index contributed by atoms with van der Waals surface area (Å²) in [4.78, 5) is 28.3. The topological polar surface area (TPSA) is 65.0 Å². The second-order valence-electron chi connectivity index (χ2n) is 9.11. The Morgan fingerprint density at radius 2 is 1.56 bits per heavy atom. The highest BCUT2D eigenvalue weighted by molar-refractivity contribution is 6.06. The standard InChI is InChI=1S/C22H37NO4/c1-22(2,3)21(25)26-16-12-10-8-6-4-5-7-9-11-13-18-19(17-14-15-17)23-27-20(18)24/h17-18H,4-16H2,1-3H3. The third-order valence-corrected chi connectivity index (χ3v) is 5.36. The minimum atomic E-state index is -0.398. The highest BCUT2D eigenvalue weighted by Gasteiger charge is 2.41. The number of hydrogen-bond acceptors (Lipinski definition) is 5. The van der Waals surface area contributed by atoms with Crippen molar-refractivity contribution in [1.82, 2.24) is 0 Å². The third-order valence-electron chi connectivity index (χ3n) is 5.36. The first-order valence-corrected chi connectivity index (χ1v) is 10.9. The molecule has 1 unspecified atom stereocenters. The van der Waals surface area contributed by atoms with Crippen LogP contribution in [0.15, 0.2) is 5.16 Å². The molecule has 5 nitrogen and oxygen atoms in total. The molecule has 0 aromatic rings. The number of ether oxygens (including phenoxy) is 1. The van der Waals surface area contributed by atoms with Gasteiger partial charge in [-0.25, -0.2) is 4.79 Å². The van der Waals surface area contributed by atoms with E-state index in [1.165, 1.54) is 51.4 Å². The summed E-state index contributed by atoms with van der Waals surface area (Å²) in [7, 11) is 0. The Balaban J connectivity index is 1.36. The summed E-state index contributed by atoms with van der Waals surface area (Å²) in [6.07, 6.45) is 13.8. The van der Waals surface area contributed by atoms with E-state index < -0.39 is 5.41 Å².